The number of carbonyl (C=O) groups excluding carboxylic acids is 1. The molecule has 2 saturated heterocycles. The Kier molecular flexibility index (Phi) is 2.85. The molecule has 0 radical (unpaired) electrons. The molecular weight excluding hydrogens is 208 g/mol. The van der Waals surface area contributed by atoms with Crippen LogP contribution < -0.4 is 0 Å². The third kappa shape index (κ3) is 1.69. The quantitative estimate of drug-likeness (QED) is 0.692. The second-order valence-electron chi connectivity index (χ2n) is 5.16. The van der Waals surface area contributed by atoms with Gasteiger partial charge in [0, 0.05) is 12.3 Å². The normalized spacial score (nSPS) is 45.6. The molecular formula is C12H20O4. The van der Waals surface area contributed by atoms with Crippen molar-refractivity contribution >= 4 is 6.29 Å². The molecule has 4 heteroatoms. The monoisotopic (exact) mass is 228 g/mol. The average molecular weight is 228 g/mol. The van der Waals surface area contributed by atoms with Gasteiger partial charge in [0.15, 0.2) is 12.1 Å². The van der Waals surface area contributed by atoms with Crippen LogP contribution in [0.2, 0.25) is 0 Å². The van der Waals surface area contributed by atoms with E-state index in [1.807, 2.05) is 20.8 Å². The van der Waals surface area contributed by atoms with Gasteiger partial charge >= 0.3 is 0 Å². The van der Waals surface area contributed by atoms with E-state index in [0.29, 0.717) is 6.42 Å². The summed E-state index contributed by atoms with van der Waals surface area (Å²) in [4.78, 5) is 10.8. The van der Waals surface area contributed by atoms with E-state index in [9.17, 15) is 4.79 Å². The lowest BCUT2D eigenvalue weighted by atomic mass is 9.83. The van der Waals surface area contributed by atoms with Crippen molar-refractivity contribution in [3.63, 3.8) is 0 Å². The minimum Gasteiger partial charge on any atom is -0.342 e. The van der Waals surface area contributed by atoms with Crippen molar-refractivity contribution < 1.29 is 19.0 Å². The third-order valence-electron chi connectivity index (χ3n) is 3.79. The number of carbonyl (C=O) groups is 1. The first-order valence-corrected chi connectivity index (χ1v) is 5.91. The molecule has 2 heterocycles. The van der Waals surface area contributed by atoms with Gasteiger partial charge in [-0.15, -0.1) is 0 Å². The Bertz CT molecular complexity index is 289. The Balaban J connectivity index is 2.17. The van der Waals surface area contributed by atoms with E-state index in [4.69, 9.17) is 14.2 Å². The molecule has 2 rings (SSSR count). The summed E-state index contributed by atoms with van der Waals surface area (Å²) in [5.74, 6) is -0.403. The lowest BCUT2D eigenvalue weighted by Gasteiger charge is -2.33. The van der Waals surface area contributed by atoms with Crippen LogP contribution in [0.15, 0.2) is 0 Å². The summed E-state index contributed by atoms with van der Waals surface area (Å²) in [7, 11) is 0. The van der Waals surface area contributed by atoms with Crippen molar-refractivity contribution in [2.24, 2.45) is 5.92 Å². The summed E-state index contributed by atoms with van der Waals surface area (Å²) in [6, 6.07) is 0. The van der Waals surface area contributed by atoms with Crippen molar-refractivity contribution in [2.75, 3.05) is 0 Å². The van der Waals surface area contributed by atoms with Crippen LogP contribution in [0.5, 0.6) is 0 Å². The van der Waals surface area contributed by atoms with E-state index in [1.54, 1.807) is 0 Å². The summed E-state index contributed by atoms with van der Waals surface area (Å²) in [6.45, 7) is 7.87. The number of hydrogen-bond acceptors (Lipinski definition) is 4. The highest BCUT2D eigenvalue weighted by Crippen LogP contribution is 2.48. The molecule has 4 nitrogen and oxygen atoms in total. The molecule has 0 spiro atoms. The van der Waals surface area contributed by atoms with Crippen LogP contribution in [0.25, 0.3) is 0 Å². The van der Waals surface area contributed by atoms with E-state index < -0.39 is 11.4 Å². The summed E-state index contributed by atoms with van der Waals surface area (Å²) in [6.07, 6.45) is 1.74. The molecule has 4 atom stereocenters. The van der Waals surface area contributed by atoms with Crippen LogP contribution in [0.3, 0.4) is 0 Å². The molecule has 2 aliphatic rings. The lowest BCUT2D eigenvalue weighted by Crippen LogP contribution is -2.39. The van der Waals surface area contributed by atoms with Gasteiger partial charge in [-0.2, -0.15) is 0 Å². The summed E-state index contributed by atoms with van der Waals surface area (Å²) >= 11 is 0. The standard InChI is InChI=1S/C12H20O4/c1-5-12(6-7-13)8(2)9-10(16-12)15-11(3,4)14-9/h7-10H,5-6H2,1-4H3/t8-,9-,10+,12-/m1/s1. The highest BCUT2D eigenvalue weighted by atomic mass is 16.8. The number of fused-ring (bicyclic) bond motifs is 1. The zero-order chi connectivity index (χ0) is 12.0. The molecule has 2 aliphatic heterocycles. The second kappa shape index (κ2) is 3.79. The van der Waals surface area contributed by atoms with E-state index in [2.05, 4.69) is 6.92 Å². The Morgan fingerprint density at radius 1 is 1.25 bits per heavy atom. The fraction of sp³-hybridized carbons (Fsp3) is 0.917. The third-order valence-corrected chi connectivity index (χ3v) is 3.79. The predicted molar refractivity (Wildman–Crippen MR) is 57.8 cm³/mol. The maximum Gasteiger partial charge on any atom is 0.188 e. The first kappa shape index (κ1) is 12.0. The maximum absolute atomic E-state index is 10.8. The van der Waals surface area contributed by atoms with Gasteiger partial charge in [-0.05, 0) is 20.3 Å². The Hall–Kier alpha value is -0.450. The molecule has 0 N–H and O–H groups in total. The molecule has 0 saturated carbocycles. The van der Waals surface area contributed by atoms with Crippen LogP contribution in [0.1, 0.15) is 40.5 Å². The van der Waals surface area contributed by atoms with Crippen LogP contribution in [-0.2, 0) is 19.0 Å². The van der Waals surface area contributed by atoms with Crippen molar-refractivity contribution in [1.29, 1.82) is 0 Å². The summed E-state index contributed by atoms with van der Waals surface area (Å²) in [5.41, 5.74) is -0.409. The second-order valence-corrected chi connectivity index (χ2v) is 5.16. The smallest absolute Gasteiger partial charge is 0.188 e. The highest BCUT2D eigenvalue weighted by molar-refractivity contribution is 5.51. The molecule has 0 aromatic rings. The van der Waals surface area contributed by atoms with Gasteiger partial charge in [-0.3, -0.25) is 0 Å². The van der Waals surface area contributed by atoms with Gasteiger partial charge in [0.05, 0.1) is 5.60 Å². The zero-order valence-electron chi connectivity index (χ0n) is 10.4. The van der Waals surface area contributed by atoms with E-state index in [1.165, 1.54) is 0 Å². The Morgan fingerprint density at radius 2 is 1.94 bits per heavy atom. The number of ether oxygens (including phenoxy) is 3. The van der Waals surface area contributed by atoms with Gasteiger partial charge < -0.3 is 19.0 Å². The SMILES string of the molecule is CC[C@]1(CC=O)O[C@@H]2OC(C)(C)O[C@@H]2[C@H]1C. The van der Waals surface area contributed by atoms with Gasteiger partial charge in [0.2, 0.25) is 0 Å². The fourth-order valence-electron chi connectivity index (χ4n) is 2.75. The van der Waals surface area contributed by atoms with Crippen LogP contribution in [0.4, 0.5) is 0 Å². The predicted octanol–water partition coefficient (Wildman–Crippen LogP) is 1.87. The number of aldehydes is 1. The molecule has 16 heavy (non-hydrogen) atoms. The molecule has 0 aromatic carbocycles. The number of rotatable bonds is 3. The van der Waals surface area contributed by atoms with Gasteiger partial charge in [0.25, 0.3) is 0 Å². The van der Waals surface area contributed by atoms with E-state index >= 15 is 0 Å². The zero-order valence-corrected chi connectivity index (χ0v) is 10.4. The molecule has 0 aromatic heterocycles. The van der Waals surface area contributed by atoms with Crippen molar-refractivity contribution in [3.05, 3.63) is 0 Å². The van der Waals surface area contributed by atoms with Crippen LogP contribution in [0, 0.1) is 5.92 Å². The lowest BCUT2D eigenvalue weighted by molar-refractivity contribution is -0.232. The summed E-state index contributed by atoms with van der Waals surface area (Å²) in [5, 5.41) is 0. The van der Waals surface area contributed by atoms with Crippen LogP contribution >= 0.6 is 0 Å². The van der Waals surface area contributed by atoms with Gasteiger partial charge in [-0.25, -0.2) is 0 Å². The van der Waals surface area contributed by atoms with Crippen molar-refractivity contribution in [3.8, 4) is 0 Å². The topological polar surface area (TPSA) is 44.8 Å². The average Bonchev–Trinajstić information content (AvgIpc) is 2.62. The maximum atomic E-state index is 10.8. The summed E-state index contributed by atoms with van der Waals surface area (Å²) < 4.78 is 17.4. The van der Waals surface area contributed by atoms with Gasteiger partial charge in [-0.1, -0.05) is 13.8 Å². The molecule has 2 fully saturated rings. The first-order valence-electron chi connectivity index (χ1n) is 5.91. The van der Waals surface area contributed by atoms with Gasteiger partial charge in [0.1, 0.15) is 12.4 Å². The number of hydrogen-bond donors (Lipinski definition) is 0. The van der Waals surface area contributed by atoms with Crippen molar-refractivity contribution in [2.45, 2.75) is 64.3 Å². The molecule has 0 unspecified atom stereocenters. The van der Waals surface area contributed by atoms with Crippen molar-refractivity contribution in [1.82, 2.24) is 0 Å². The fourth-order valence-corrected chi connectivity index (χ4v) is 2.75. The Labute approximate surface area is 96.2 Å². The molecule has 0 aliphatic carbocycles. The highest BCUT2D eigenvalue weighted by Gasteiger charge is 2.58. The Morgan fingerprint density at radius 3 is 2.44 bits per heavy atom. The minimum absolute atomic E-state index is 0.0603. The minimum atomic E-state index is -0.579. The largest absolute Gasteiger partial charge is 0.342 e. The molecule has 0 bridgehead atoms. The van der Waals surface area contributed by atoms with Crippen LogP contribution in [-0.4, -0.2) is 30.1 Å². The van der Waals surface area contributed by atoms with E-state index in [-0.39, 0.29) is 18.3 Å². The first-order chi connectivity index (χ1) is 7.44. The van der Waals surface area contributed by atoms with E-state index in [0.717, 1.165) is 12.7 Å². The molecule has 0 amide bonds. The molecule has 92 valence electrons.